The summed E-state index contributed by atoms with van der Waals surface area (Å²) in [6.45, 7) is 1.91. The molecule has 1 aromatic carbocycles. The molecule has 116 valence electrons. The van der Waals surface area contributed by atoms with Crippen LogP contribution >= 0.6 is 22.9 Å². The smallest absolute Gasteiger partial charge is 0.341 e. The number of amides is 1. The Morgan fingerprint density at radius 3 is 2.55 bits per heavy atom. The first-order valence-electron chi connectivity index (χ1n) is 6.71. The highest BCUT2D eigenvalue weighted by molar-refractivity contribution is 7.17. The van der Waals surface area contributed by atoms with Gasteiger partial charge in [-0.1, -0.05) is 30.3 Å². The molecule has 4 nitrogen and oxygen atoms in total. The number of aryl methyl sites for hydroxylation is 1. The van der Waals surface area contributed by atoms with Gasteiger partial charge in [0.15, 0.2) is 0 Å². The summed E-state index contributed by atoms with van der Waals surface area (Å²) in [6.07, 6.45) is 0.194. The summed E-state index contributed by atoms with van der Waals surface area (Å²) in [7, 11) is 1.33. The largest absolute Gasteiger partial charge is 0.465 e. The molecule has 6 heteroatoms. The number of ether oxygens (including phenoxy) is 1. The minimum absolute atomic E-state index is 0.194. The van der Waals surface area contributed by atoms with Crippen LogP contribution in [-0.2, 0) is 9.53 Å². The van der Waals surface area contributed by atoms with E-state index in [2.05, 4.69) is 5.32 Å². The van der Waals surface area contributed by atoms with Gasteiger partial charge in [0.05, 0.1) is 7.11 Å². The standard InChI is InChI=1S/C16H16ClNO3S/c1-10-13(11-6-4-3-5-7-11)14(16(20)21-2)15(22-10)18-12(19)8-9-17/h3-7H,8-9H2,1-2H3,(H,18,19). The number of halogens is 1. The summed E-state index contributed by atoms with van der Waals surface area (Å²) in [6, 6.07) is 9.56. The summed E-state index contributed by atoms with van der Waals surface area (Å²) in [5.41, 5.74) is 2.09. The Morgan fingerprint density at radius 1 is 1.27 bits per heavy atom. The third kappa shape index (κ3) is 3.48. The highest BCUT2D eigenvalue weighted by Crippen LogP contribution is 2.40. The number of rotatable bonds is 5. The van der Waals surface area contributed by atoms with Gasteiger partial charge < -0.3 is 10.1 Å². The first-order valence-corrected chi connectivity index (χ1v) is 8.06. The molecule has 1 heterocycles. The normalized spacial score (nSPS) is 10.3. The van der Waals surface area contributed by atoms with E-state index in [9.17, 15) is 9.59 Å². The maximum absolute atomic E-state index is 12.2. The van der Waals surface area contributed by atoms with Crippen LogP contribution in [0.2, 0.25) is 0 Å². The van der Waals surface area contributed by atoms with Gasteiger partial charge >= 0.3 is 5.97 Å². The van der Waals surface area contributed by atoms with E-state index in [-0.39, 0.29) is 18.2 Å². The van der Waals surface area contributed by atoms with Crippen molar-refractivity contribution >= 4 is 39.8 Å². The van der Waals surface area contributed by atoms with Crippen molar-refractivity contribution in [2.45, 2.75) is 13.3 Å². The van der Waals surface area contributed by atoms with E-state index in [4.69, 9.17) is 16.3 Å². The SMILES string of the molecule is COC(=O)c1c(NC(=O)CCCl)sc(C)c1-c1ccccc1. The Balaban J connectivity index is 2.52. The monoisotopic (exact) mass is 337 g/mol. The minimum Gasteiger partial charge on any atom is -0.465 e. The Morgan fingerprint density at radius 2 is 1.95 bits per heavy atom. The highest BCUT2D eigenvalue weighted by atomic mass is 35.5. The molecule has 0 saturated heterocycles. The fourth-order valence-electron chi connectivity index (χ4n) is 2.16. The number of carbonyl (C=O) groups is 2. The minimum atomic E-state index is -0.468. The molecular formula is C16H16ClNO3S. The van der Waals surface area contributed by atoms with E-state index in [1.54, 1.807) is 0 Å². The first kappa shape index (κ1) is 16.5. The molecule has 0 aliphatic carbocycles. The molecule has 1 aromatic heterocycles. The zero-order chi connectivity index (χ0) is 16.1. The third-order valence-corrected chi connectivity index (χ3v) is 4.32. The van der Waals surface area contributed by atoms with Crippen molar-refractivity contribution in [1.29, 1.82) is 0 Å². The van der Waals surface area contributed by atoms with Gasteiger partial charge in [0, 0.05) is 22.7 Å². The van der Waals surface area contributed by atoms with Gasteiger partial charge in [-0.05, 0) is 12.5 Å². The average Bonchev–Trinajstić information content (AvgIpc) is 2.83. The van der Waals surface area contributed by atoms with E-state index in [1.807, 2.05) is 37.3 Å². The van der Waals surface area contributed by atoms with Gasteiger partial charge in [-0.2, -0.15) is 0 Å². The van der Waals surface area contributed by atoms with Gasteiger partial charge in [-0.15, -0.1) is 22.9 Å². The molecule has 0 atom stereocenters. The van der Waals surface area contributed by atoms with Crippen LogP contribution < -0.4 is 5.32 Å². The van der Waals surface area contributed by atoms with Crippen LogP contribution in [0.3, 0.4) is 0 Å². The average molecular weight is 338 g/mol. The summed E-state index contributed by atoms with van der Waals surface area (Å²) in [4.78, 5) is 24.9. The van der Waals surface area contributed by atoms with Crippen molar-refractivity contribution in [3.63, 3.8) is 0 Å². The van der Waals surface area contributed by atoms with Crippen molar-refractivity contribution in [1.82, 2.24) is 0 Å². The zero-order valence-corrected chi connectivity index (χ0v) is 13.9. The lowest BCUT2D eigenvalue weighted by Gasteiger charge is -2.07. The molecule has 22 heavy (non-hydrogen) atoms. The zero-order valence-electron chi connectivity index (χ0n) is 12.3. The molecule has 0 bridgehead atoms. The molecule has 0 saturated carbocycles. The Hall–Kier alpha value is -1.85. The number of hydrogen-bond acceptors (Lipinski definition) is 4. The van der Waals surface area contributed by atoms with Crippen LogP contribution in [0.4, 0.5) is 5.00 Å². The van der Waals surface area contributed by atoms with E-state index < -0.39 is 5.97 Å². The fraction of sp³-hybridized carbons (Fsp3) is 0.250. The second-order valence-electron chi connectivity index (χ2n) is 4.58. The number of thiophene rings is 1. The summed E-state index contributed by atoms with van der Waals surface area (Å²) >= 11 is 6.93. The van der Waals surface area contributed by atoms with Crippen LogP contribution in [0.15, 0.2) is 30.3 Å². The highest BCUT2D eigenvalue weighted by Gasteiger charge is 2.24. The van der Waals surface area contributed by atoms with E-state index in [0.29, 0.717) is 10.6 Å². The first-order chi connectivity index (χ1) is 10.6. The molecule has 0 spiro atoms. The lowest BCUT2D eigenvalue weighted by Crippen LogP contribution is -2.14. The Kier molecular flexibility index (Phi) is 5.57. The topological polar surface area (TPSA) is 55.4 Å². The number of carbonyl (C=O) groups excluding carboxylic acids is 2. The van der Waals surface area contributed by atoms with Crippen LogP contribution in [0.1, 0.15) is 21.7 Å². The molecule has 1 amide bonds. The van der Waals surface area contributed by atoms with Gasteiger partial charge in [0.25, 0.3) is 0 Å². The number of benzene rings is 1. The predicted octanol–water partition coefficient (Wildman–Crippen LogP) is 4.08. The van der Waals surface area contributed by atoms with Gasteiger partial charge in [0.2, 0.25) is 5.91 Å². The molecule has 2 aromatic rings. The number of esters is 1. The van der Waals surface area contributed by atoms with Crippen molar-refractivity contribution < 1.29 is 14.3 Å². The number of methoxy groups -OCH3 is 1. The van der Waals surface area contributed by atoms with Crippen LogP contribution in [0.5, 0.6) is 0 Å². The van der Waals surface area contributed by atoms with E-state index in [0.717, 1.165) is 16.0 Å². The lowest BCUT2D eigenvalue weighted by molar-refractivity contribution is -0.115. The Bertz CT molecular complexity index is 682. The molecule has 0 radical (unpaired) electrons. The third-order valence-electron chi connectivity index (χ3n) is 3.11. The molecule has 2 rings (SSSR count). The van der Waals surface area contributed by atoms with Crippen LogP contribution in [0, 0.1) is 6.92 Å². The molecular weight excluding hydrogens is 322 g/mol. The molecule has 0 fully saturated rings. The van der Waals surface area contributed by atoms with Gasteiger partial charge in [0.1, 0.15) is 10.6 Å². The van der Waals surface area contributed by atoms with Crippen molar-refractivity contribution in [3.8, 4) is 11.1 Å². The van der Waals surface area contributed by atoms with Crippen molar-refractivity contribution in [2.75, 3.05) is 18.3 Å². The van der Waals surface area contributed by atoms with Crippen LogP contribution in [-0.4, -0.2) is 24.9 Å². The van der Waals surface area contributed by atoms with Gasteiger partial charge in [-0.3, -0.25) is 4.79 Å². The fourth-order valence-corrected chi connectivity index (χ4v) is 3.41. The number of nitrogens with one attached hydrogen (secondary N) is 1. The molecule has 0 unspecified atom stereocenters. The predicted molar refractivity (Wildman–Crippen MR) is 89.8 cm³/mol. The summed E-state index contributed by atoms with van der Waals surface area (Å²) in [5.74, 6) is -0.458. The maximum atomic E-state index is 12.2. The van der Waals surface area contributed by atoms with Crippen LogP contribution in [0.25, 0.3) is 11.1 Å². The van der Waals surface area contributed by atoms with E-state index >= 15 is 0 Å². The number of alkyl halides is 1. The summed E-state index contributed by atoms with van der Waals surface area (Å²) < 4.78 is 4.88. The summed E-state index contributed by atoms with van der Waals surface area (Å²) in [5, 5.41) is 3.25. The Labute approximate surface area is 138 Å². The van der Waals surface area contributed by atoms with Crippen molar-refractivity contribution in [2.24, 2.45) is 0 Å². The lowest BCUT2D eigenvalue weighted by atomic mass is 10.0. The number of anilines is 1. The second-order valence-corrected chi connectivity index (χ2v) is 6.18. The second kappa shape index (κ2) is 7.42. The molecule has 0 aliphatic rings. The molecule has 0 aliphatic heterocycles. The van der Waals surface area contributed by atoms with E-state index in [1.165, 1.54) is 18.4 Å². The van der Waals surface area contributed by atoms with Gasteiger partial charge in [-0.25, -0.2) is 4.79 Å². The number of hydrogen-bond donors (Lipinski definition) is 1. The quantitative estimate of drug-likeness (QED) is 0.660. The maximum Gasteiger partial charge on any atom is 0.341 e. The molecule has 1 N–H and O–H groups in total. The van der Waals surface area contributed by atoms with Crippen molar-refractivity contribution in [3.05, 3.63) is 40.8 Å².